The van der Waals surface area contributed by atoms with Crippen LogP contribution in [-0.2, 0) is 5.54 Å². The molecule has 0 aliphatic carbocycles. The lowest BCUT2D eigenvalue weighted by Gasteiger charge is -2.37. The molecule has 4 aromatic rings. The lowest BCUT2D eigenvalue weighted by molar-refractivity contribution is 0.0360. The summed E-state index contributed by atoms with van der Waals surface area (Å²) in [7, 11) is 3.67. The van der Waals surface area contributed by atoms with Crippen LogP contribution in [0.5, 0.6) is 0 Å². The Morgan fingerprint density at radius 1 is 0.759 bits per heavy atom. The molecule has 1 aromatic heterocycles. The van der Waals surface area contributed by atoms with E-state index in [9.17, 15) is 5.11 Å². The highest BCUT2D eigenvalue weighted by atomic mass is 16.3. The van der Waals surface area contributed by atoms with Crippen LogP contribution in [0.3, 0.4) is 0 Å². The van der Waals surface area contributed by atoms with Gasteiger partial charge in [0.2, 0.25) is 0 Å². The normalized spacial score (nSPS) is 12.8. The number of hydrogen-bond acceptors (Lipinski definition) is 3. The maximum absolute atomic E-state index is 10.5. The number of rotatable bonds is 6. The van der Waals surface area contributed by atoms with E-state index in [-0.39, 0.29) is 0 Å². The van der Waals surface area contributed by atoms with Crippen LogP contribution in [0.2, 0.25) is 0 Å². The Morgan fingerprint density at radius 3 is 1.55 bits per heavy atom. The van der Waals surface area contributed by atoms with E-state index >= 15 is 0 Å². The Morgan fingerprint density at radius 2 is 1.17 bits per heavy atom. The number of nitrogens with zero attached hydrogens (tertiary/aromatic N) is 3. The van der Waals surface area contributed by atoms with Gasteiger partial charge in [0.25, 0.3) is 0 Å². The van der Waals surface area contributed by atoms with E-state index in [0.29, 0.717) is 5.69 Å². The summed E-state index contributed by atoms with van der Waals surface area (Å²) in [6, 6.07) is 31.3. The van der Waals surface area contributed by atoms with Crippen LogP contribution < -0.4 is 0 Å². The molecule has 29 heavy (non-hydrogen) atoms. The number of aliphatic hydroxyl groups excluding tert-OH is 1. The van der Waals surface area contributed by atoms with Gasteiger partial charge in [-0.05, 0) is 30.8 Å². The van der Waals surface area contributed by atoms with Gasteiger partial charge in [-0.15, -0.1) is 0 Å². The Balaban J connectivity index is 2.04. The van der Waals surface area contributed by atoms with Crippen molar-refractivity contribution in [2.45, 2.75) is 11.8 Å². The SMILES string of the molecule is CN(C)C(O)c1cn(C(c2ccccc2)(c2ccccc2)c2ccccc2)cn1. The summed E-state index contributed by atoms with van der Waals surface area (Å²) in [4.78, 5) is 6.29. The number of imidazole rings is 1. The van der Waals surface area contributed by atoms with E-state index in [2.05, 4.69) is 82.3 Å². The molecule has 0 aliphatic heterocycles. The van der Waals surface area contributed by atoms with Crippen LogP contribution in [-0.4, -0.2) is 33.7 Å². The van der Waals surface area contributed by atoms with E-state index in [4.69, 9.17) is 0 Å². The zero-order valence-electron chi connectivity index (χ0n) is 16.7. The fourth-order valence-corrected chi connectivity index (χ4v) is 3.90. The molecule has 1 heterocycles. The molecule has 3 aromatic carbocycles. The predicted octanol–water partition coefficient (Wildman–Crippen LogP) is 4.28. The molecule has 0 amide bonds. The van der Waals surface area contributed by atoms with E-state index in [1.807, 2.05) is 44.8 Å². The largest absolute Gasteiger partial charge is 0.372 e. The minimum Gasteiger partial charge on any atom is -0.372 e. The Kier molecular flexibility index (Phi) is 5.30. The fraction of sp³-hybridized carbons (Fsp3) is 0.160. The van der Waals surface area contributed by atoms with Gasteiger partial charge in [-0.3, -0.25) is 4.90 Å². The smallest absolute Gasteiger partial charge is 0.151 e. The second-order valence-electron chi connectivity index (χ2n) is 7.35. The molecule has 0 saturated carbocycles. The monoisotopic (exact) mass is 383 g/mol. The second-order valence-corrected chi connectivity index (χ2v) is 7.35. The molecule has 4 heteroatoms. The van der Waals surface area contributed by atoms with Gasteiger partial charge in [-0.1, -0.05) is 91.0 Å². The minimum absolute atomic E-state index is 0.610. The topological polar surface area (TPSA) is 41.3 Å². The molecule has 4 nitrogen and oxygen atoms in total. The summed E-state index contributed by atoms with van der Waals surface area (Å²) < 4.78 is 2.11. The molecular weight excluding hydrogens is 358 g/mol. The summed E-state index contributed by atoms with van der Waals surface area (Å²) in [6.45, 7) is 0. The first kappa shape index (κ1) is 19.1. The number of aliphatic hydroxyl groups is 1. The van der Waals surface area contributed by atoms with Crippen molar-refractivity contribution in [1.29, 1.82) is 0 Å². The summed E-state index contributed by atoms with van der Waals surface area (Å²) in [6.07, 6.45) is 2.99. The quantitative estimate of drug-likeness (QED) is 0.399. The molecule has 1 N–H and O–H groups in total. The zero-order chi connectivity index (χ0) is 20.3. The van der Waals surface area contributed by atoms with E-state index in [1.165, 1.54) is 0 Å². The van der Waals surface area contributed by atoms with Crippen molar-refractivity contribution in [1.82, 2.24) is 14.5 Å². The van der Waals surface area contributed by atoms with Gasteiger partial charge in [-0.2, -0.15) is 0 Å². The first-order valence-corrected chi connectivity index (χ1v) is 9.69. The van der Waals surface area contributed by atoms with Crippen molar-refractivity contribution < 1.29 is 5.11 Å². The van der Waals surface area contributed by atoms with Crippen molar-refractivity contribution in [2.24, 2.45) is 0 Å². The van der Waals surface area contributed by atoms with E-state index < -0.39 is 11.8 Å². The third kappa shape index (κ3) is 3.37. The standard InChI is InChI=1S/C25H25N3O/c1-27(2)24(29)23-18-28(19-26-23)25(20-12-6-3-7-13-20,21-14-8-4-9-15-21)22-16-10-5-11-17-22/h3-19,24,29H,1-2H3. The molecule has 0 fully saturated rings. The minimum atomic E-state index is -0.767. The highest BCUT2D eigenvalue weighted by Gasteiger charge is 2.38. The molecular formula is C25H25N3O. The lowest BCUT2D eigenvalue weighted by Crippen LogP contribution is -2.37. The van der Waals surface area contributed by atoms with E-state index in [0.717, 1.165) is 16.7 Å². The molecule has 1 unspecified atom stereocenters. The molecule has 0 radical (unpaired) electrons. The maximum atomic E-state index is 10.5. The van der Waals surface area contributed by atoms with Gasteiger partial charge in [0.15, 0.2) is 6.23 Å². The molecule has 146 valence electrons. The zero-order valence-corrected chi connectivity index (χ0v) is 16.7. The third-order valence-electron chi connectivity index (χ3n) is 5.32. The van der Waals surface area contributed by atoms with Crippen molar-refractivity contribution in [3.63, 3.8) is 0 Å². The van der Waals surface area contributed by atoms with Crippen molar-refractivity contribution in [3.05, 3.63) is 126 Å². The molecule has 4 rings (SSSR count). The van der Waals surface area contributed by atoms with Gasteiger partial charge < -0.3 is 9.67 Å². The van der Waals surface area contributed by atoms with Gasteiger partial charge in [-0.25, -0.2) is 4.98 Å². The van der Waals surface area contributed by atoms with Gasteiger partial charge >= 0.3 is 0 Å². The highest BCUT2D eigenvalue weighted by molar-refractivity contribution is 5.50. The predicted molar refractivity (Wildman–Crippen MR) is 115 cm³/mol. The van der Waals surface area contributed by atoms with E-state index in [1.54, 1.807) is 4.90 Å². The Labute approximate surface area is 171 Å². The van der Waals surface area contributed by atoms with Crippen LogP contribution in [0.4, 0.5) is 0 Å². The second kappa shape index (κ2) is 8.03. The van der Waals surface area contributed by atoms with Crippen LogP contribution in [0.15, 0.2) is 104 Å². The summed E-state index contributed by atoms with van der Waals surface area (Å²) in [5, 5.41) is 10.5. The van der Waals surface area contributed by atoms with Crippen molar-refractivity contribution >= 4 is 0 Å². The number of hydrogen-bond donors (Lipinski definition) is 1. The molecule has 0 aliphatic rings. The molecule has 1 atom stereocenters. The Hall–Kier alpha value is -3.21. The van der Waals surface area contributed by atoms with Crippen LogP contribution >= 0.6 is 0 Å². The average Bonchev–Trinajstić information content (AvgIpc) is 3.26. The third-order valence-corrected chi connectivity index (χ3v) is 5.32. The highest BCUT2D eigenvalue weighted by Crippen LogP contribution is 2.41. The van der Waals surface area contributed by atoms with Gasteiger partial charge in [0.05, 0.1) is 6.33 Å². The van der Waals surface area contributed by atoms with Crippen LogP contribution in [0, 0.1) is 0 Å². The Bertz CT molecular complexity index is 946. The first-order chi connectivity index (χ1) is 14.1. The summed E-state index contributed by atoms with van der Waals surface area (Å²) in [5.41, 5.74) is 3.38. The molecule has 0 spiro atoms. The summed E-state index contributed by atoms with van der Waals surface area (Å²) in [5.74, 6) is 0. The molecule has 0 saturated heterocycles. The molecule has 0 bridgehead atoms. The van der Waals surface area contributed by atoms with Gasteiger partial charge in [0, 0.05) is 6.20 Å². The summed E-state index contributed by atoms with van der Waals surface area (Å²) >= 11 is 0. The van der Waals surface area contributed by atoms with Crippen molar-refractivity contribution in [3.8, 4) is 0 Å². The first-order valence-electron chi connectivity index (χ1n) is 9.69. The van der Waals surface area contributed by atoms with Crippen LogP contribution in [0.1, 0.15) is 28.6 Å². The average molecular weight is 383 g/mol. The van der Waals surface area contributed by atoms with Crippen LogP contribution in [0.25, 0.3) is 0 Å². The fourth-order valence-electron chi connectivity index (χ4n) is 3.90. The van der Waals surface area contributed by atoms with Crippen molar-refractivity contribution in [2.75, 3.05) is 14.1 Å². The number of benzene rings is 3. The number of aromatic nitrogens is 2. The lowest BCUT2D eigenvalue weighted by atomic mass is 9.77. The maximum Gasteiger partial charge on any atom is 0.151 e. The van der Waals surface area contributed by atoms with Gasteiger partial charge in [0.1, 0.15) is 11.2 Å².